The third kappa shape index (κ3) is 7.61. The molecule has 0 aromatic heterocycles. The fourth-order valence-electron chi connectivity index (χ4n) is 6.05. The lowest BCUT2D eigenvalue weighted by atomic mass is 9.90. The van der Waals surface area contributed by atoms with Gasteiger partial charge in [-0.05, 0) is 56.4 Å². The fraction of sp³-hybridized carbons (Fsp3) is 0.417. The molecule has 0 radical (unpaired) electrons. The number of amides is 1. The standard InChI is InChI=1S/C36H43FN2O9/c1-42-24-20-28(43-2)32-29(21-24)48-34(22-18-30(44-3)35(46-5)31(19-22)45-4)26(33(32)40)11-8-9-17-47-39-15-13-23(14-16-39)38-36(41)25-10-6-7-12-27(25)37/h6-7,10,12,18-21,23,33,40H,8-9,11,13-17H2,1-5H3,(H,38,41). The predicted molar refractivity (Wildman–Crippen MR) is 176 cm³/mol. The number of halogens is 1. The van der Waals surface area contributed by atoms with Crippen LogP contribution in [-0.2, 0) is 4.84 Å². The lowest BCUT2D eigenvalue weighted by Crippen LogP contribution is -2.44. The number of hydrogen-bond donors (Lipinski definition) is 2. The molecule has 2 aliphatic rings. The molecule has 1 fully saturated rings. The number of rotatable bonds is 14. The molecule has 2 aliphatic heterocycles. The number of carbonyl (C=O) groups is 1. The van der Waals surface area contributed by atoms with Crippen molar-refractivity contribution in [1.82, 2.24) is 10.4 Å². The fourth-order valence-corrected chi connectivity index (χ4v) is 6.05. The highest BCUT2D eigenvalue weighted by atomic mass is 19.1. The summed E-state index contributed by atoms with van der Waals surface area (Å²) in [5.41, 5.74) is 1.89. The van der Waals surface area contributed by atoms with Gasteiger partial charge in [-0.3, -0.25) is 9.63 Å². The number of nitrogens with zero attached hydrogens (tertiary/aromatic N) is 1. The second kappa shape index (κ2) is 16.1. The quantitative estimate of drug-likeness (QED) is 0.208. The first kappa shape index (κ1) is 34.8. The molecule has 1 saturated heterocycles. The maximum atomic E-state index is 14.0. The number of carbonyl (C=O) groups excluding carboxylic acids is 1. The number of nitrogens with one attached hydrogen (secondary N) is 1. The van der Waals surface area contributed by atoms with Crippen molar-refractivity contribution < 1.29 is 47.6 Å². The molecule has 12 heteroatoms. The van der Waals surface area contributed by atoms with Crippen molar-refractivity contribution in [2.24, 2.45) is 0 Å². The zero-order valence-electron chi connectivity index (χ0n) is 28.0. The predicted octanol–water partition coefficient (Wildman–Crippen LogP) is 5.70. The Bertz CT molecular complexity index is 1600. The topological polar surface area (TPSA) is 117 Å². The lowest BCUT2D eigenvalue weighted by molar-refractivity contribution is -0.171. The summed E-state index contributed by atoms with van der Waals surface area (Å²) in [7, 11) is 7.72. The molecule has 1 atom stereocenters. The van der Waals surface area contributed by atoms with Crippen molar-refractivity contribution in [3.63, 3.8) is 0 Å². The number of hydroxylamine groups is 2. The SMILES string of the molecule is COc1cc(OC)c2c(c1)OC(c1cc(OC)c(OC)c(OC)c1)=C(CCCCON1CCC(NC(=O)c3ccccc3F)CC1)C2O. The van der Waals surface area contributed by atoms with E-state index in [1.807, 2.05) is 5.06 Å². The number of piperidine rings is 1. The van der Waals surface area contributed by atoms with E-state index in [0.29, 0.717) is 102 Å². The summed E-state index contributed by atoms with van der Waals surface area (Å²) >= 11 is 0. The van der Waals surface area contributed by atoms with Crippen LogP contribution in [0.1, 0.15) is 59.7 Å². The molecule has 1 amide bonds. The molecule has 0 aliphatic carbocycles. The lowest BCUT2D eigenvalue weighted by Gasteiger charge is -2.31. The van der Waals surface area contributed by atoms with Gasteiger partial charge in [0.2, 0.25) is 5.75 Å². The molecule has 0 bridgehead atoms. The first-order valence-electron chi connectivity index (χ1n) is 15.9. The zero-order valence-corrected chi connectivity index (χ0v) is 28.0. The highest BCUT2D eigenvalue weighted by Crippen LogP contribution is 2.50. The molecule has 3 aromatic carbocycles. The number of hydrogen-bond acceptors (Lipinski definition) is 10. The Morgan fingerprint density at radius 3 is 2.23 bits per heavy atom. The van der Waals surface area contributed by atoms with E-state index in [2.05, 4.69) is 5.32 Å². The summed E-state index contributed by atoms with van der Waals surface area (Å²) in [6.07, 6.45) is 2.31. The third-order valence-corrected chi connectivity index (χ3v) is 8.59. The van der Waals surface area contributed by atoms with E-state index in [1.54, 1.807) is 57.7 Å². The maximum Gasteiger partial charge on any atom is 0.254 e. The Morgan fingerprint density at radius 1 is 0.917 bits per heavy atom. The van der Waals surface area contributed by atoms with Gasteiger partial charge >= 0.3 is 0 Å². The van der Waals surface area contributed by atoms with Crippen molar-refractivity contribution in [3.05, 3.63) is 76.6 Å². The van der Waals surface area contributed by atoms with Gasteiger partial charge in [-0.15, -0.1) is 0 Å². The zero-order chi connectivity index (χ0) is 34.2. The highest BCUT2D eigenvalue weighted by Gasteiger charge is 2.33. The number of unbranched alkanes of at least 4 members (excludes halogenated alkanes) is 1. The van der Waals surface area contributed by atoms with Crippen LogP contribution in [0.5, 0.6) is 34.5 Å². The van der Waals surface area contributed by atoms with Crippen LogP contribution >= 0.6 is 0 Å². The summed E-state index contributed by atoms with van der Waals surface area (Å²) in [4.78, 5) is 18.5. The van der Waals surface area contributed by atoms with Gasteiger partial charge in [-0.2, -0.15) is 5.06 Å². The van der Waals surface area contributed by atoms with Crippen LogP contribution in [0.25, 0.3) is 5.76 Å². The van der Waals surface area contributed by atoms with E-state index in [-0.39, 0.29) is 11.6 Å². The average Bonchev–Trinajstić information content (AvgIpc) is 3.11. The van der Waals surface area contributed by atoms with Gasteiger partial charge in [0.05, 0.1) is 53.3 Å². The Kier molecular flexibility index (Phi) is 11.6. The third-order valence-electron chi connectivity index (χ3n) is 8.59. The summed E-state index contributed by atoms with van der Waals surface area (Å²) in [6.45, 7) is 1.77. The second-order valence-electron chi connectivity index (χ2n) is 11.5. The van der Waals surface area contributed by atoms with Crippen LogP contribution in [0.15, 0.2) is 54.1 Å². The number of methoxy groups -OCH3 is 5. The van der Waals surface area contributed by atoms with Gasteiger partial charge in [0, 0.05) is 42.4 Å². The van der Waals surface area contributed by atoms with Crippen molar-refractivity contribution in [1.29, 1.82) is 0 Å². The number of benzene rings is 3. The van der Waals surface area contributed by atoms with Gasteiger partial charge in [0.15, 0.2) is 11.5 Å². The Balaban J connectivity index is 1.25. The second-order valence-corrected chi connectivity index (χ2v) is 11.5. The molecule has 2 N–H and O–H groups in total. The summed E-state index contributed by atoms with van der Waals surface area (Å²) in [6, 6.07) is 12.9. The summed E-state index contributed by atoms with van der Waals surface area (Å²) in [5.74, 6) is 2.30. The molecule has 1 unspecified atom stereocenters. The van der Waals surface area contributed by atoms with Crippen LogP contribution in [-0.4, -0.2) is 77.4 Å². The minimum absolute atomic E-state index is 0.0508. The summed E-state index contributed by atoms with van der Waals surface area (Å²) in [5, 5.41) is 16.6. The molecule has 11 nitrogen and oxygen atoms in total. The molecule has 3 aromatic rings. The average molecular weight is 667 g/mol. The molecule has 0 saturated carbocycles. The minimum atomic E-state index is -1.01. The number of aliphatic hydroxyl groups excluding tert-OH is 1. The van der Waals surface area contributed by atoms with Gasteiger partial charge in [-0.1, -0.05) is 12.1 Å². The van der Waals surface area contributed by atoms with E-state index < -0.39 is 17.8 Å². The Morgan fingerprint density at radius 2 is 1.60 bits per heavy atom. The smallest absolute Gasteiger partial charge is 0.254 e. The molecule has 48 heavy (non-hydrogen) atoms. The monoisotopic (exact) mass is 666 g/mol. The van der Waals surface area contributed by atoms with Crippen molar-refractivity contribution in [2.45, 2.75) is 44.2 Å². The first-order valence-corrected chi connectivity index (χ1v) is 15.9. The van der Waals surface area contributed by atoms with Gasteiger partial charge in [-0.25, -0.2) is 4.39 Å². The van der Waals surface area contributed by atoms with E-state index in [4.69, 9.17) is 33.3 Å². The minimum Gasteiger partial charge on any atom is -0.496 e. The first-order chi connectivity index (χ1) is 23.3. The Hall–Kier alpha value is -4.52. The largest absolute Gasteiger partial charge is 0.496 e. The molecular weight excluding hydrogens is 623 g/mol. The van der Waals surface area contributed by atoms with Gasteiger partial charge < -0.3 is 38.8 Å². The van der Waals surface area contributed by atoms with E-state index >= 15 is 0 Å². The van der Waals surface area contributed by atoms with Crippen LogP contribution in [0, 0.1) is 5.82 Å². The van der Waals surface area contributed by atoms with Crippen molar-refractivity contribution in [3.8, 4) is 34.5 Å². The molecule has 0 spiro atoms. The normalized spacial score (nSPS) is 16.5. The van der Waals surface area contributed by atoms with Crippen LogP contribution < -0.4 is 33.7 Å². The number of aliphatic hydroxyl groups is 1. The van der Waals surface area contributed by atoms with Crippen LogP contribution in [0.3, 0.4) is 0 Å². The van der Waals surface area contributed by atoms with Crippen molar-refractivity contribution >= 4 is 11.7 Å². The number of fused-ring (bicyclic) bond motifs is 1. The summed E-state index contributed by atoms with van der Waals surface area (Å²) < 4.78 is 48.3. The highest BCUT2D eigenvalue weighted by molar-refractivity contribution is 5.94. The van der Waals surface area contributed by atoms with Gasteiger partial charge in [0.1, 0.15) is 34.9 Å². The van der Waals surface area contributed by atoms with Crippen molar-refractivity contribution in [2.75, 3.05) is 55.2 Å². The Labute approximate surface area is 280 Å². The van der Waals surface area contributed by atoms with Crippen LogP contribution in [0.2, 0.25) is 0 Å². The molecule has 2 heterocycles. The maximum absolute atomic E-state index is 14.0. The van der Waals surface area contributed by atoms with E-state index in [1.165, 1.54) is 26.4 Å². The van der Waals surface area contributed by atoms with E-state index in [9.17, 15) is 14.3 Å². The molecule has 258 valence electrons. The number of ether oxygens (including phenoxy) is 6. The van der Waals surface area contributed by atoms with Gasteiger partial charge in [0.25, 0.3) is 5.91 Å². The molecular formula is C36H43FN2O9. The van der Waals surface area contributed by atoms with E-state index in [0.717, 1.165) is 6.42 Å². The molecule has 5 rings (SSSR count). The van der Waals surface area contributed by atoms with Crippen LogP contribution in [0.4, 0.5) is 4.39 Å².